The van der Waals surface area contributed by atoms with Crippen LogP contribution >= 0.6 is 0 Å². The van der Waals surface area contributed by atoms with Crippen molar-refractivity contribution >= 4 is 0 Å². The van der Waals surface area contributed by atoms with Gasteiger partial charge in [0.25, 0.3) is 0 Å². The van der Waals surface area contributed by atoms with E-state index in [1.165, 1.54) is 13.2 Å². The van der Waals surface area contributed by atoms with Crippen molar-refractivity contribution in [2.75, 3.05) is 0 Å². The molecule has 16 heavy (non-hydrogen) atoms. The summed E-state index contributed by atoms with van der Waals surface area (Å²) in [6.45, 7) is 1.94. The molecule has 0 radical (unpaired) electrons. The molecular weight excluding hydrogens is 210 g/mol. The van der Waals surface area contributed by atoms with Gasteiger partial charge in [-0.15, -0.1) is 5.10 Å². The van der Waals surface area contributed by atoms with Crippen LogP contribution < -0.4 is 10.5 Å². The fourth-order valence-electron chi connectivity index (χ4n) is 1.48. The topological polar surface area (TPSA) is 72.1 Å². The summed E-state index contributed by atoms with van der Waals surface area (Å²) in [5.41, 5.74) is 1.57. The standard InChI is InChI=1S/C10H12N3O3/c1-3-7-6-13(15)5-4-8(7)9-11-12(2)10(14)16-9/h4-6,15H,3H2,1-2H3/q+1. The van der Waals surface area contributed by atoms with Crippen LogP contribution in [0.5, 0.6) is 0 Å². The normalized spacial score (nSPS) is 10.6. The molecule has 0 unspecified atom stereocenters. The lowest BCUT2D eigenvalue weighted by Crippen LogP contribution is -2.29. The SMILES string of the molecule is CCc1c[n+](O)ccc1-c1nn(C)c(=O)o1. The van der Waals surface area contributed by atoms with E-state index in [-0.39, 0.29) is 5.89 Å². The second kappa shape index (κ2) is 3.80. The highest BCUT2D eigenvalue weighted by Crippen LogP contribution is 2.19. The molecule has 6 heteroatoms. The third kappa shape index (κ3) is 1.69. The van der Waals surface area contributed by atoms with Crippen molar-refractivity contribution in [2.45, 2.75) is 13.3 Å². The van der Waals surface area contributed by atoms with Gasteiger partial charge in [-0.25, -0.2) is 4.79 Å². The monoisotopic (exact) mass is 222 g/mol. The summed E-state index contributed by atoms with van der Waals surface area (Å²) in [7, 11) is 1.52. The molecule has 0 saturated carbocycles. The maximum Gasteiger partial charge on any atom is 0.437 e. The quantitative estimate of drug-likeness (QED) is 0.579. The minimum atomic E-state index is -0.502. The highest BCUT2D eigenvalue weighted by Gasteiger charge is 2.15. The zero-order chi connectivity index (χ0) is 11.7. The first-order valence-corrected chi connectivity index (χ1v) is 4.89. The van der Waals surface area contributed by atoms with E-state index in [2.05, 4.69) is 5.10 Å². The number of pyridine rings is 1. The van der Waals surface area contributed by atoms with Gasteiger partial charge in [0.05, 0.1) is 5.56 Å². The molecule has 1 N–H and O–H groups in total. The summed E-state index contributed by atoms with van der Waals surface area (Å²) >= 11 is 0. The molecule has 6 nitrogen and oxygen atoms in total. The fraction of sp³-hybridized carbons (Fsp3) is 0.300. The van der Waals surface area contributed by atoms with Crippen LogP contribution in [0, 0.1) is 0 Å². The van der Waals surface area contributed by atoms with Crippen LogP contribution in [0.3, 0.4) is 0 Å². The predicted octanol–water partition coefficient (Wildman–Crippen LogP) is 0.128. The van der Waals surface area contributed by atoms with Gasteiger partial charge < -0.3 is 4.42 Å². The van der Waals surface area contributed by atoms with Crippen LogP contribution in [-0.2, 0) is 13.5 Å². The average Bonchev–Trinajstić information content (AvgIpc) is 2.59. The molecule has 2 heterocycles. The number of aryl methyl sites for hydroxylation is 2. The third-order valence-corrected chi connectivity index (χ3v) is 2.33. The summed E-state index contributed by atoms with van der Waals surface area (Å²) in [6.07, 6.45) is 3.73. The maximum atomic E-state index is 11.2. The Morgan fingerprint density at radius 3 is 2.94 bits per heavy atom. The van der Waals surface area contributed by atoms with Crippen molar-refractivity contribution in [2.24, 2.45) is 7.05 Å². The number of hydrogen-bond acceptors (Lipinski definition) is 4. The lowest BCUT2D eigenvalue weighted by Gasteiger charge is -1.98. The van der Waals surface area contributed by atoms with E-state index in [0.717, 1.165) is 15.0 Å². The van der Waals surface area contributed by atoms with E-state index in [0.29, 0.717) is 12.0 Å². The van der Waals surface area contributed by atoms with Gasteiger partial charge in [0.15, 0.2) is 0 Å². The summed E-state index contributed by atoms with van der Waals surface area (Å²) in [4.78, 5) is 11.2. The second-order valence-electron chi connectivity index (χ2n) is 3.41. The van der Waals surface area contributed by atoms with Crippen molar-refractivity contribution in [3.05, 3.63) is 34.6 Å². The molecule has 0 saturated heterocycles. The first-order valence-electron chi connectivity index (χ1n) is 4.89. The number of rotatable bonds is 2. The molecule has 0 bridgehead atoms. The number of hydrogen-bond donors (Lipinski definition) is 1. The Kier molecular flexibility index (Phi) is 2.47. The Hall–Kier alpha value is -2.11. The van der Waals surface area contributed by atoms with Gasteiger partial charge in [0, 0.05) is 23.4 Å². The van der Waals surface area contributed by atoms with E-state index in [1.807, 2.05) is 6.92 Å². The predicted molar refractivity (Wildman–Crippen MR) is 53.9 cm³/mol. The van der Waals surface area contributed by atoms with Gasteiger partial charge in [-0.1, -0.05) is 6.92 Å². The maximum absolute atomic E-state index is 11.2. The van der Waals surface area contributed by atoms with Crippen molar-refractivity contribution in [1.82, 2.24) is 9.78 Å². The molecule has 2 rings (SSSR count). The highest BCUT2D eigenvalue weighted by molar-refractivity contribution is 5.56. The zero-order valence-electron chi connectivity index (χ0n) is 9.04. The van der Waals surface area contributed by atoms with Crippen molar-refractivity contribution in [3.8, 4) is 11.5 Å². The largest absolute Gasteiger partial charge is 0.437 e. The van der Waals surface area contributed by atoms with Gasteiger partial charge in [-0.05, 0) is 6.42 Å². The molecule has 0 aliphatic carbocycles. The van der Waals surface area contributed by atoms with E-state index in [4.69, 9.17) is 4.42 Å². The second-order valence-corrected chi connectivity index (χ2v) is 3.41. The Labute approximate surface area is 91.3 Å². The van der Waals surface area contributed by atoms with Crippen LogP contribution in [0.4, 0.5) is 0 Å². The molecule has 0 aromatic carbocycles. The summed E-state index contributed by atoms with van der Waals surface area (Å²) in [6, 6.07) is 1.66. The molecule has 0 aliphatic heterocycles. The highest BCUT2D eigenvalue weighted by atomic mass is 16.5. The molecule has 0 atom stereocenters. The Morgan fingerprint density at radius 1 is 1.62 bits per heavy atom. The van der Waals surface area contributed by atoms with Crippen LogP contribution in [0.15, 0.2) is 27.7 Å². The van der Waals surface area contributed by atoms with E-state index < -0.39 is 5.76 Å². The molecule has 2 aromatic heterocycles. The van der Waals surface area contributed by atoms with Crippen LogP contribution in [0.2, 0.25) is 0 Å². The molecule has 0 spiro atoms. The van der Waals surface area contributed by atoms with E-state index in [1.54, 1.807) is 12.3 Å². The van der Waals surface area contributed by atoms with Crippen molar-refractivity contribution in [1.29, 1.82) is 0 Å². The molecule has 0 aliphatic rings. The smallest absolute Gasteiger partial charge is 0.388 e. The molecule has 0 amide bonds. The van der Waals surface area contributed by atoms with Gasteiger partial charge >= 0.3 is 5.76 Å². The van der Waals surface area contributed by atoms with Crippen molar-refractivity contribution < 1.29 is 14.4 Å². The summed E-state index contributed by atoms with van der Waals surface area (Å²) in [5, 5.41) is 13.2. The minimum absolute atomic E-state index is 0.268. The number of nitrogens with zero attached hydrogens (tertiary/aromatic N) is 3. The Morgan fingerprint density at radius 2 is 2.38 bits per heavy atom. The van der Waals surface area contributed by atoms with Gasteiger partial charge in [-0.2, -0.15) is 4.68 Å². The molecule has 84 valence electrons. The third-order valence-electron chi connectivity index (χ3n) is 2.33. The lowest BCUT2D eigenvalue weighted by molar-refractivity contribution is -0.905. The average molecular weight is 222 g/mol. The molecule has 2 aromatic rings. The first kappa shape index (κ1) is 10.4. The van der Waals surface area contributed by atoms with Crippen LogP contribution in [0.25, 0.3) is 11.5 Å². The Balaban J connectivity index is 2.59. The van der Waals surface area contributed by atoms with Crippen LogP contribution in [0.1, 0.15) is 12.5 Å². The van der Waals surface area contributed by atoms with E-state index >= 15 is 0 Å². The Bertz CT molecular complexity index is 571. The van der Waals surface area contributed by atoms with Crippen molar-refractivity contribution in [3.63, 3.8) is 0 Å². The van der Waals surface area contributed by atoms with E-state index in [9.17, 15) is 10.0 Å². The molecule has 0 fully saturated rings. The summed E-state index contributed by atoms with van der Waals surface area (Å²) in [5.74, 6) is -0.234. The van der Waals surface area contributed by atoms with Crippen LogP contribution in [-0.4, -0.2) is 15.0 Å². The minimum Gasteiger partial charge on any atom is -0.388 e. The fourth-order valence-corrected chi connectivity index (χ4v) is 1.48. The number of aromatic nitrogens is 3. The zero-order valence-corrected chi connectivity index (χ0v) is 9.04. The summed E-state index contributed by atoms with van der Waals surface area (Å²) < 4.78 is 7.08. The molecular formula is C10H12N3O3+. The van der Waals surface area contributed by atoms with Gasteiger partial charge in [0.2, 0.25) is 18.3 Å². The van der Waals surface area contributed by atoms with Gasteiger partial charge in [0.1, 0.15) is 0 Å². The first-order chi connectivity index (χ1) is 7.61. The lowest BCUT2D eigenvalue weighted by atomic mass is 10.1. The van der Waals surface area contributed by atoms with Gasteiger partial charge in [-0.3, -0.25) is 5.21 Å².